The lowest BCUT2D eigenvalue weighted by molar-refractivity contribution is -0.461. The van der Waals surface area contributed by atoms with Crippen LogP contribution in [0.3, 0.4) is 0 Å². The maximum Gasteiger partial charge on any atom is 0.320 e. The van der Waals surface area contributed by atoms with E-state index >= 15 is 0 Å². The van der Waals surface area contributed by atoms with Crippen molar-refractivity contribution in [1.82, 2.24) is 15.5 Å². The van der Waals surface area contributed by atoms with Crippen LogP contribution >= 0.6 is 0 Å². The fourth-order valence-electron chi connectivity index (χ4n) is 5.26. The summed E-state index contributed by atoms with van der Waals surface area (Å²) >= 11 is 0. The Kier molecular flexibility index (Phi) is 10.1. The van der Waals surface area contributed by atoms with Crippen molar-refractivity contribution < 1.29 is 54.8 Å². The second-order valence-corrected chi connectivity index (χ2v) is 11.1. The first-order valence-corrected chi connectivity index (χ1v) is 14.0. The molecule has 4 rings (SSSR count). The van der Waals surface area contributed by atoms with Gasteiger partial charge >= 0.3 is 18.0 Å². The lowest BCUT2D eigenvalue weighted by Crippen LogP contribution is -2.63. The Hall–Kier alpha value is -3.18. The molecule has 0 bridgehead atoms. The van der Waals surface area contributed by atoms with Gasteiger partial charge in [-0.15, -0.1) is 0 Å². The van der Waals surface area contributed by atoms with Gasteiger partial charge in [-0.1, -0.05) is 67.6 Å². The highest BCUT2D eigenvalue weighted by Gasteiger charge is 2.72. The van der Waals surface area contributed by atoms with Crippen molar-refractivity contribution in [2.24, 2.45) is 5.92 Å². The average molecular weight is 606 g/mol. The van der Waals surface area contributed by atoms with E-state index in [0.29, 0.717) is 19.4 Å². The highest BCUT2D eigenvalue weighted by Crippen LogP contribution is 2.44. The van der Waals surface area contributed by atoms with E-state index in [0.717, 1.165) is 16.0 Å². The van der Waals surface area contributed by atoms with Crippen LogP contribution in [0.4, 0.5) is 4.79 Å². The summed E-state index contributed by atoms with van der Waals surface area (Å²) in [6.45, 7) is 2.21. The molecular weight excluding hydrogens is 566 g/mol. The molecule has 3 amide bonds. The number of aliphatic hydroxyl groups excluding tert-OH is 1. The normalized spacial score (nSPS) is 23.0. The molecule has 2 aromatic rings. The Bertz CT molecular complexity index is 1210. The second-order valence-electron chi connectivity index (χ2n) is 11.1. The summed E-state index contributed by atoms with van der Waals surface area (Å²) in [5, 5.41) is 73.9. The van der Waals surface area contributed by atoms with E-state index in [1.54, 1.807) is 0 Å². The van der Waals surface area contributed by atoms with E-state index in [-0.39, 0.29) is 25.3 Å². The van der Waals surface area contributed by atoms with Crippen molar-refractivity contribution >= 4 is 11.9 Å². The van der Waals surface area contributed by atoms with Crippen molar-refractivity contribution in [2.75, 3.05) is 13.1 Å². The number of carbonyl (C=O) groups excluding carboxylic acids is 2. The quantitative estimate of drug-likeness (QED) is 0.0886. The van der Waals surface area contributed by atoms with Gasteiger partial charge in [0.05, 0.1) is 6.10 Å². The summed E-state index contributed by atoms with van der Waals surface area (Å²) in [4.78, 5) is 27.7. The fourth-order valence-corrected chi connectivity index (χ4v) is 5.26. The molecule has 14 nitrogen and oxygen atoms in total. The minimum absolute atomic E-state index is 0.00883. The molecule has 0 saturated carbocycles. The summed E-state index contributed by atoms with van der Waals surface area (Å²) in [7, 11) is 0. The number of aliphatic hydroxyl groups is 7. The number of hydrogen-bond donors (Lipinski definition) is 9. The van der Waals surface area contributed by atoms with Gasteiger partial charge in [0.25, 0.3) is 11.6 Å². The van der Waals surface area contributed by atoms with Gasteiger partial charge in [-0.2, -0.15) is 0 Å². The van der Waals surface area contributed by atoms with E-state index in [9.17, 15) is 45.3 Å². The summed E-state index contributed by atoms with van der Waals surface area (Å²) in [5.41, 5.74) is -0.357. The molecule has 2 aliphatic rings. The van der Waals surface area contributed by atoms with E-state index in [2.05, 4.69) is 10.6 Å². The summed E-state index contributed by atoms with van der Waals surface area (Å²) < 4.78 is 10.5. The first-order valence-electron chi connectivity index (χ1n) is 14.0. The van der Waals surface area contributed by atoms with Gasteiger partial charge in [0.1, 0.15) is 0 Å². The minimum atomic E-state index is -3.98. The number of amides is 3. The van der Waals surface area contributed by atoms with E-state index in [4.69, 9.17) is 9.47 Å². The highest BCUT2D eigenvalue weighted by atomic mass is 16.8. The fraction of sp³-hybridized carbons (Fsp3) is 0.517. The average Bonchev–Trinajstić information content (AvgIpc) is 3.67. The molecule has 0 aromatic heterocycles. The smallest absolute Gasteiger partial charge is 0.320 e. The molecule has 9 N–H and O–H groups in total. The predicted molar refractivity (Wildman–Crippen MR) is 148 cm³/mol. The van der Waals surface area contributed by atoms with E-state index in [1.807, 2.05) is 67.6 Å². The van der Waals surface area contributed by atoms with Crippen LogP contribution in [-0.2, 0) is 27.1 Å². The molecule has 5 unspecified atom stereocenters. The van der Waals surface area contributed by atoms with Crippen LogP contribution in [0.15, 0.2) is 60.7 Å². The van der Waals surface area contributed by atoms with Crippen LogP contribution in [-0.4, -0.2) is 108 Å². The van der Waals surface area contributed by atoms with Crippen LogP contribution in [0, 0.1) is 5.92 Å². The molecule has 0 spiro atoms. The molecule has 5 atom stereocenters. The number of benzene rings is 2. The zero-order valence-electron chi connectivity index (χ0n) is 23.6. The first kappa shape index (κ1) is 32.7. The maximum atomic E-state index is 13.9. The van der Waals surface area contributed by atoms with Crippen molar-refractivity contribution in [3.8, 4) is 0 Å². The molecule has 2 fully saturated rings. The van der Waals surface area contributed by atoms with Crippen molar-refractivity contribution in [3.05, 3.63) is 71.8 Å². The number of hydrogen-bond acceptors (Lipinski definition) is 11. The lowest BCUT2D eigenvalue weighted by Gasteiger charge is -2.35. The molecule has 14 heteroatoms. The number of epoxide rings is 1. The van der Waals surface area contributed by atoms with Crippen LogP contribution in [0.25, 0.3) is 0 Å². The Balaban J connectivity index is 1.57. The zero-order valence-corrected chi connectivity index (χ0v) is 23.6. The Morgan fingerprint density at radius 3 is 2.12 bits per heavy atom. The molecule has 236 valence electrons. The number of nitrogens with zero attached hydrogens (tertiary/aromatic N) is 1. The molecule has 2 aromatic carbocycles. The Morgan fingerprint density at radius 1 is 1.02 bits per heavy atom. The molecule has 2 aliphatic heterocycles. The molecule has 0 radical (unpaired) electrons. The van der Waals surface area contributed by atoms with Gasteiger partial charge in [0, 0.05) is 19.1 Å². The summed E-state index contributed by atoms with van der Waals surface area (Å²) in [6.07, 6.45) is -4.23. The minimum Gasteiger partial charge on any atom is -0.393 e. The third-order valence-corrected chi connectivity index (χ3v) is 7.56. The Morgan fingerprint density at radius 2 is 1.58 bits per heavy atom. The van der Waals surface area contributed by atoms with Crippen LogP contribution in [0.1, 0.15) is 30.9 Å². The number of carbonyl (C=O) groups is 2. The second kappa shape index (κ2) is 13.2. The molecule has 0 aliphatic carbocycles. The lowest BCUT2D eigenvalue weighted by atomic mass is 9.90. The third kappa shape index (κ3) is 8.06. The first-order chi connectivity index (χ1) is 20.2. The predicted octanol–water partition coefficient (Wildman–Crippen LogP) is -1.54. The van der Waals surface area contributed by atoms with E-state index < -0.39 is 54.1 Å². The van der Waals surface area contributed by atoms with Gasteiger partial charge in [-0.05, 0) is 42.7 Å². The molecule has 43 heavy (non-hydrogen) atoms. The number of urea groups is 1. The van der Waals surface area contributed by atoms with Gasteiger partial charge < -0.3 is 55.9 Å². The Labute approximate surface area is 248 Å². The monoisotopic (exact) mass is 605 g/mol. The number of ether oxygens (including phenoxy) is 2. The topological polar surface area (TPSA) is 225 Å². The van der Waals surface area contributed by atoms with Crippen LogP contribution < -0.4 is 10.6 Å². The van der Waals surface area contributed by atoms with Crippen LogP contribution in [0.2, 0.25) is 0 Å². The largest absolute Gasteiger partial charge is 0.393 e. The number of rotatable bonds is 14. The van der Waals surface area contributed by atoms with Gasteiger partial charge in [-0.25, -0.2) is 4.79 Å². The van der Waals surface area contributed by atoms with E-state index in [1.165, 1.54) is 0 Å². The van der Waals surface area contributed by atoms with Gasteiger partial charge in [-0.3, -0.25) is 9.69 Å². The SMILES string of the molecule is CC(Cc1ccccc1)C(O)CC(Cc1ccccc1)NC(=O)C1(N2CCCNC2=O)OC1OC(C(O)(O)O)C(O)(O)O. The summed E-state index contributed by atoms with van der Waals surface area (Å²) in [5.74, 6) is -9.06. The maximum absolute atomic E-state index is 13.9. The number of nitrogens with one attached hydrogen (secondary N) is 2. The van der Waals surface area contributed by atoms with Crippen molar-refractivity contribution in [1.29, 1.82) is 0 Å². The van der Waals surface area contributed by atoms with Crippen molar-refractivity contribution in [2.45, 2.75) is 74.8 Å². The standard InChI is InChI=1S/C29H39N3O11/c1-18(15-19-9-4-2-5-10-19)22(33)17-21(16-20-11-6-3-7-12-20)31-24(34)27(32-14-8-13-30-26(32)35)25(43-27)42-23(28(36,37)38)29(39,40)41/h2-7,9-12,18,21-23,25,33,36-41H,8,13-17H2,1H3,(H,30,35)(H,31,34). The van der Waals surface area contributed by atoms with Crippen LogP contribution in [0.5, 0.6) is 0 Å². The zero-order chi connectivity index (χ0) is 31.4. The molecule has 2 saturated heterocycles. The van der Waals surface area contributed by atoms with Gasteiger partial charge in [0.2, 0.25) is 12.4 Å². The molecule has 2 heterocycles. The summed E-state index contributed by atoms with van der Waals surface area (Å²) in [6, 6.07) is 17.4. The molecular formula is C29H39N3O11. The third-order valence-electron chi connectivity index (χ3n) is 7.56. The van der Waals surface area contributed by atoms with Crippen molar-refractivity contribution in [3.63, 3.8) is 0 Å². The highest BCUT2D eigenvalue weighted by molar-refractivity contribution is 5.92. The van der Waals surface area contributed by atoms with Gasteiger partial charge in [0.15, 0.2) is 0 Å².